The van der Waals surface area contributed by atoms with E-state index in [4.69, 9.17) is 26.6 Å². The molecule has 380 valence electrons. The van der Waals surface area contributed by atoms with Crippen LogP contribution in [0.3, 0.4) is 0 Å². The van der Waals surface area contributed by atoms with E-state index in [-0.39, 0.29) is 0 Å². The third kappa shape index (κ3) is 36.8. The van der Waals surface area contributed by atoms with Crippen molar-refractivity contribution in [1.82, 2.24) is 0 Å². The van der Waals surface area contributed by atoms with E-state index >= 15 is 0 Å². The molecule has 0 radical (unpaired) electrons. The molecule has 9 heteroatoms. The molecular weight excluding hydrogens is 815 g/mol. The Morgan fingerprint density at radius 1 is 0.222 bits per heavy atom. The first-order chi connectivity index (χ1) is 30.9. The Hall–Kier alpha value is 0.154. The van der Waals surface area contributed by atoms with Crippen LogP contribution in [0.1, 0.15) is 271 Å². The van der Waals surface area contributed by atoms with Crippen LogP contribution in [-0.2, 0) is 26.6 Å². The van der Waals surface area contributed by atoms with Gasteiger partial charge in [0, 0.05) is 67.6 Å². The first-order valence-electron chi connectivity index (χ1n) is 28.1. The first kappa shape index (κ1) is 63.2. The molecule has 0 rings (SSSR count). The Morgan fingerprint density at radius 2 is 0.381 bits per heavy atom. The molecule has 0 bridgehead atoms. The average Bonchev–Trinajstić information content (AvgIpc) is 3.31. The Bertz CT molecular complexity index is 850. The van der Waals surface area contributed by atoms with Crippen LogP contribution in [-0.4, -0.2) is 90.9 Å². The minimum absolute atomic E-state index is 0.863. The van der Waals surface area contributed by atoms with Gasteiger partial charge in [0.2, 0.25) is 0 Å². The van der Waals surface area contributed by atoms with Crippen molar-refractivity contribution in [3.05, 3.63) is 0 Å². The van der Waals surface area contributed by atoms with Gasteiger partial charge in [0.15, 0.2) is 0 Å². The maximum absolute atomic E-state index is 5.87. The second-order valence-electron chi connectivity index (χ2n) is 19.8. The molecule has 0 amide bonds. The topological polar surface area (TPSA) is 55.4 Å². The molecule has 0 aliphatic heterocycles. The van der Waals surface area contributed by atoms with Crippen LogP contribution in [0.15, 0.2) is 0 Å². The summed E-state index contributed by atoms with van der Waals surface area (Å²) in [4.78, 5) is 0. The maximum Gasteiger partial charge on any atom is 0.500 e. The SMILES string of the molecule is CCCCCCCCCCCCCCCCCCCCCC[N+](CCCCCCCCCCCCCCCCCCCC)(CCC[Si](OC)(OC)OC)CCC[Si](OC)(OC)OC. The lowest BCUT2D eigenvalue weighted by Crippen LogP contribution is -2.53. The van der Waals surface area contributed by atoms with Gasteiger partial charge in [0.05, 0.1) is 26.2 Å². The Balaban J connectivity index is 4.83. The fourth-order valence-electron chi connectivity index (χ4n) is 10.1. The summed E-state index contributed by atoms with van der Waals surface area (Å²) in [6.45, 7) is 9.40. The molecule has 0 aromatic carbocycles. The third-order valence-electron chi connectivity index (χ3n) is 14.6. The van der Waals surface area contributed by atoms with Crippen molar-refractivity contribution >= 4 is 17.6 Å². The van der Waals surface area contributed by atoms with Crippen LogP contribution in [0.2, 0.25) is 12.1 Å². The summed E-state index contributed by atoms with van der Waals surface area (Å²) in [6.07, 6.45) is 56.1. The number of hydrogen-bond donors (Lipinski definition) is 0. The predicted octanol–water partition coefficient (Wildman–Crippen LogP) is 17.2. The first-order valence-corrected chi connectivity index (χ1v) is 31.9. The molecule has 0 saturated heterocycles. The van der Waals surface area contributed by atoms with E-state index < -0.39 is 17.6 Å². The van der Waals surface area contributed by atoms with Gasteiger partial charge in [-0.3, -0.25) is 0 Å². The van der Waals surface area contributed by atoms with Gasteiger partial charge in [0.1, 0.15) is 0 Å². The Kier molecular flexibility index (Phi) is 47.3. The molecule has 0 N–H and O–H groups in total. The lowest BCUT2D eigenvalue weighted by molar-refractivity contribution is -0.928. The van der Waals surface area contributed by atoms with Gasteiger partial charge in [-0.2, -0.15) is 0 Å². The van der Waals surface area contributed by atoms with E-state index in [0.29, 0.717) is 0 Å². The monoisotopic (exact) mass is 931 g/mol. The highest BCUT2D eigenvalue weighted by Gasteiger charge is 2.40. The number of rotatable bonds is 54. The van der Waals surface area contributed by atoms with E-state index in [9.17, 15) is 0 Å². The molecule has 0 unspecified atom stereocenters. The van der Waals surface area contributed by atoms with Gasteiger partial charge in [-0.25, -0.2) is 0 Å². The van der Waals surface area contributed by atoms with Gasteiger partial charge in [-0.05, 0) is 25.7 Å². The smallest absolute Gasteiger partial charge is 0.377 e. The zero-order valence-corrected chi connectivity index (χ0v) is 46.4. The largest absolute Gasteiger partial charge is 0.500 e. The highest BCUT2D eigenvalue weighted by molar-refractivity contribution is 6.60. The molecule has 0 heterocycles. The van der Waals surface area contributed by atoms with E-state index in [1.807, 2.05) is 0 Å². The molecule has 0 aromatic heterocycles. The third-order valence-corrected chi connectivity index (χ3v) is 20.2. The molecule has 0 fully saturated rings. The quantitative estimate of drug-likeness (QED) is 0.0344. The normalized spacial score (nSPS) is 12.6. The highest BCUT2D eigenvalue weighted by atomic mass is 28.4. The molecule has 7 nitrogen and oxygen atoms in total. The standard InChI is InChI=1S/C54H116NO6Si2/c1-9-11-13-15-17-19-21-23-25-27-29-30-32-34-36-38-40-42-44-46-50-55(51-47-53-62(56-3,57-4)58-5,52-48-54-63(59-6,60-7)61-8)49-45-43-41-39-37-35-33-31-28-26-24-22-20-18-16-14-12-10-2/h9-54H2,1-8H3/q+1. The van der Waals surface area contributed by atoms with Crippen LogP contribution in [0.4, 0.5) is 0 Å². The summed E-state index contributed by atoms with van der Waals surface area (Å²) in [5, 5.41) is 0. The van der Waals surface area contributed by atoms with Crippen LogP contribution < -0.4 is 0 Å². The number of hydrogen-bond acceptors (Lipinski definition) is 6. The van der Waals surface area contributed by atoms with Crippen molar-refractivity contribution in [2.75, 3.05) is 68.8 Å². The van der Waals surface area contributed by atoms with E-state index in [0.717, 1.165) is 38.0 Å². The predicted molar refractivity (Wildman–Crippen MR) is 279 cm³/mol. The Labute approximate surface area is 398 Å². The Morgan fingerprint density at radius 3 is 0.556 bits per heavy atom. The fraction of sp³-hybridized carbons (Fsp3) is 1.00. The van der Waals surface area contributed by atoms with Crippen LogP contribution >= 0.6 is 0 Å². The molecule has 0 aliphatic carbocycles. The van der Waals surface area contributed by atoms with Crippen molar-refractivity contribution in [2.24, 2.45) is 0 Å². The molecule has 0 atom stereocenters. The summed E-state index contributed by atoms with van der Waals surface area (Å²) < 4.78 is 36.4. The van der Waals surface area contributed by atoms with Crippen molar-refractivity contribution in [2.45, 2.75) is 283 Å². The van der Waals surface area contributed by atoms with Gasteiger partial charge < -0.3 is 31.0 Å². The van der Waals surface area contributed by atoms with Crippen LogP contribution in [0.5, 0.6) is 0 Å². The second kappa shape index (κ2) is 47.2. The van der Waals surface area contributed by atoms with Gasteiger partial charge in [-0.1, -0.05) is 232 Å². The van der Waals surface area contributed by atoms with Crippen LogP contribution in [0.25, 0.3) is 0 Å². The summed E-state index contributed by atoms with van der Waals surface area (Å²) in [5.41, 5.74) is 0. The molecule has 0 saturated carbocycles. The van der Waals surface area contributed by atoms with E-state index in [1.165, 1.54) is 262 Å². The van der Waals surface area contributed by atoms with Gasteiger partial charge in [0.25, 0.3) is 0 Å². The lowest BCUT2D eigenvalue weighted by atomic mass is 10.0. The zero-order valence-electron chi connectivity index (χ0n) is 44.4. The zero-order chi connectivity index (χ0) is 46.3. The van der Waals surface area contributed by atoms with Crippen molar-refractivity contribution < 1.29 is 31.0 Å². The average molecular weight is 932 g/mol. The number of quaternary nitrogens is 1. The summed E-state index contributed by atoms with van der Waals surface area (Å²) in [5.74, 6) is 0. The fourth-order valence-corrected chi connectivity index (χ4v) is 13.5. The second-order valence-corrected chi connectivity index (χ2v) is 25.9. The van der Waals surface area contributed by atoms with Gasteiger partial charge in [-0.15, -0.1) is 0 Å². The number of nitrogens with zero attached hydrogens (tertiary/aromatic N) is 1. The molecule has 0 spiro atoms. The van der Waals surface area contributed by atoms with Crippen molar-refractivity contribution in [1.29, 1.82) is 0 Å². The molecule has 63 heavy (non-hydrogen) atoms. The lowest BCUT2D eigenvalue weighted by Gasteiger charge is -2.40. The van der Waals surface area contributed by atoms with E-state index in [2.05, 4.69) is 13.8 Å². The maximum atomic E-state index is 5.87. The van der Waals surface area contributed by atoms with E-state index in [1.54, 1.807) is 42.7 Å². The van der Waals surface area contributed by atoms with Crippen molar-refractivity contribution in [3.63, 3.8) is 0 Å². The van der Waals surface area contributed by atoms with Crippen LogP contribution in [0, 0.1) is 0 Å². The summed E-state index contributed by atoms with van der Waals surface area (Å²) in [7, 11) is 5.28. The van der Waals surface area contributed by atoms with Gasteiger partial charge >= 0.3 is 17.6 Å². The van der Waals surface area contributed by atoms with Crippen molar-refractivity contribution in [3.8, 4) is 0 Å². The molecule has 0 aliphatic rings. The molecule has 0 aromatic rings. The minimum Gasteiger partial charge on any atom is -0.377 e. The molecular formula is C54H116NO6Si2+. The summed E-state index contributed by atoms with van der Waals surface area (Å²) in [6, 6.07) is 1.73. The summed E-state index contributed by atoms with van der Waals surface area (Å²) >= 11 is 0. The highest BCUT2D eigenvalue weighted by Crippen LogP contribution is 2.25. The number of unbranched alkanes of at least 4 members (excludes halogenated alkanes) is 36. The minimum atomic E-state index is -2.62.